The van der Waals surface area contributed by atoms with Crippen molar-refractivity contribution in [3.63, 3.8) is 0 Å². The van der Waals surface area contributed by atoms with E-state index in [-0.39, 0.29) is 13.0 Å². The topological polar surface area (TPSA) is 82.5 Å². The van der Waals surface area contributed by atoms with Gasteiger partial charge in [0.15, 0.2) is 0 Å². The highest BCUT2D eigenvalue weighted by atomic mass is 79.9. The Labute approximate surface area is 231 Å². The van der Waals surface area contributed by atoms with Crippen LogP contribution in [0, 0.1) is 12.7 Å². The summed E-state index contributed by atoms with van der Waals surface area (Å²) in [7, 11) is 0. The van der Waals surface area contributed by atoms with Gasteiger partial charge in [-0.25, -0.2) is 9.37 Å². The average molecular weight is 610 g/mol. The number of amides is 1. The number of piperidine rings is 1. The number of aliphatic carboxylic acids is 1. The van der Waals surface area contributed by atoms with Gasteiger partial charge >= 0.3 is 12.1 Å². The number of alkyl halides is 3. The Morgan fingerprint density at radius 1 is 1.15 bits per heavy atom. The Morgan fingerprint density at radius 3 is 2.54 bits per heavy atom. The molecule has 208 valence electrons. The molecule has 0 aliphatic carbocycles. The zero-order valence-electron chi connectivity index (χ0n) is 21.2. The lowest BCUT2D eigenvalue weighted by atomic mass is 9.89. The molecule has 0 saturated carbocycles. The lowest BCUT2D eigenvalue weighted by Gasteiger charge is -2.30. The van der Waals surface area contributed by atoms with Gasteiger partial charge in [0.2, 0.25) is 0 Å². The number of carbonyl (C=O) groups excluding carboxylic acids is 1. The molecular formula is C28H28BrF4N3O3. The van der Waals surface area contributed by atoms with E-state index < -0.39 is 47.3 Å². The van der Waals surface area contributed by atoms with Gasteiger partial charge in [0.05, 0.1) is 16.6 Å². The Hall–Kier alpha value is -3.21. The van der Waals surface area contributed by atoms with Crippen molar-refractivity contribution in [3.05, 3.63) is 68.9 Å². The maximum Gasteiger partial charge on any atom is 0.416 e. The summed E-state index contributed by atoms with van der Waals surface area (Å²) >= 11 is 3.42. The number of nitrogens with zero attached hydrogens (tertiary/aromatic N) is 2. The molecule has 1 saturated heterocycles. The number of pyridine rings is 1. The number of benzene rings is 2. The molecule has 1 amide bonds. The van der Waals surface area contributed by atoms with E-state index in [2.05, 4.69) is 26.1 Å². The van der Waals surface area contributed by atoms with E-state index in [0.717, 1.165) is 55.0 Å². The van der Waals surface area contributed by atoms with Crippen LogP contribution in [0.1, 0.15) is 65.1 Å². The first-order valence-corrected chi connectivity index (χ1v) is 13.5. The second-order valence-electron chi connectivity index (χ2n) is 9.68. The lowest BCUT2D eigenvalue weighted by molar-refractivity contribution is -0.138. The van der Waals surface area contributed by atoms with Crippen molar-refractivity contribution in [1.82, 2.24) is 10.3 Å². The van der Waals surface area contributed by atoms with Crippen LogP contribution in [-0.4, -0.2) is 41.6 Å². The van der Waals surface area contributed by atoms with Crippen LogP contribution in [0.4, 0.5) is 23.4 Å². The molecule has 1 aliphatic rings. The van der Waals surface area contributed by atoms with Gasteiger partial charge in [-0.2, -0.15) is 13.2 Å². The molecule has 39 heavy (non-hydrogen) atoms. The van der Waals surface area contributed by atoms with Gasteiger partial charge in [0.1, 0.15) is 11.6 Å². The number of anilines is 1. The smallest absolute Gasteiger partial charge is 0.416 e. The maximum absolute atomic E-state index is 14.8. The fourth-order valence-corrected chi connectivity index (χ4v) is 5.53. The van der Waals surface area contributed by atoms with Crippen LogP contribution >= 0.6 is 15.9 Å². The van der Waals surface area contributed by atoms with Crippen molar-refractivity contribution < 1.29 is 32.3 Å². The number of carboxylic acid groups (broad SMARTS) is 1. The Bertz CT molecular complexity index is 1390. The minimum Gasteiger partial charge on any atom is -0.481 e. The number of rotatable bonds is 8. The third-order valence-corrected chi connectivity index (χ3v) is 7.52. The summed E-state index contributed by atoms with van der Waals surface area (Å²) in [4.78, 5) is 31.9. The van der Waals surface area contributed by atoms with Gasteiger partial charge in [-0.05, 0) is 62.9 Å². The van der Waals surface area contributed by atoms with E-state index in [1.807, 2.05) is 6.07 Å². The Kier molecular flexibility index (Phi) is 8.78. The first-order chi connectivity index (χ1) is 18.5. The lowest BCUT2D eigenvalue weighted by Crippen LogP contribution is -2.33. The summed E-state index contributed by atoms with van der Waals surface area (Å²) in [5.74, 6) is -3.43. The third kappa shape index (κ3) is 6.51. The molecule has 2 aromatic carbocycles. The molecule has 2 heterocycles. The van der Waals surface area contributed by atoms with Crippen molar-refractivity contribution in [2.24, 2.45) is 0 Å². The number of fused-ring (bicyclic) bond motifs is 1. The largest absolute Gasteiger partial charge is 0.481 e. The molecule has 1 atom stereocenters. The van der Waals surface area contributed by atoms with E-state index in [4.69, 9.17) is 4.98 Å². The van der Waals surface area contributed by atoms with Crippen molar-refractivity contribution in [2.45, 2.75) is 51.1 Å². The number of hydrogen-bond donors (Lipinski definition) is 2. The number of hydrogen-bond acceptors (Lipinski definition) is 4. The molecule has 3 aromatic rings. The molecule has 0 bridgehead atoms. The number of halogens is 5. The minimum atomic E-state index is -4.85. The normalized spacial score (nSPS) is 14.9. The summed E-state index contributed by atoms with van der Waals surface area (Å²) in [6, 6.07) is 7.98. The van der Waals surface area contributed by atoms with Crippen LogP contribution in [0.2, 0.25) is 0 Å². The highest BCUT2D eigenvalue weighted by molar-refractivity contribution is 9.10. The summed E-state index contributed by atoms with van der Waals surface area (Å²) in [5.41, 5.74) is -0.300. The molecule has 0 radical (unpaired) electrons. The second-order valence-corrected chi connectivity index (χ2v) is 10.6. The van der Waals surface area contributed by atoms with Gasteiger partial charge in [0.25, 0.3) is 5.91 Å². The third-order valence-electron chi connectivity index (χ3n) is 7.03. The number of carboxylic acids is 1. The number of carbonyl (C=O) groups is 2. The monoisotopic (exact) mass is 609 g/mol. The van der Waals surface area contributed by atoms with Crippen molar-refractivity contribution in [2.75, 3.05) is 24.5 Å². The van der Waals surface area contributed by atoms with Crippen LogP contribution in [0.3, 0.4) is 0 Å². The summed E-state index contributed by atoms with van der Waals surface area (Å²) in [5, 5.41) is 12.4. The van der Waals surface area contributed by atoms with E-state index in [1.54, 1.807) is 19.1 Å². The van der Waals surface area contributed by atoms with Crippen LogP contribution < -0.4 is 10.2 Å². The Morgan fingerprint density at radius 2 is 1.87 bits per heavy atom. The summed E-state index contributed by atoms with van der Waals surface area (Å²) < 4.78 is 56.8. The summed E-state index contributed by atoms with van der Waals surface area (Å²) in [6.45, 7) is 2.99. The van der Waals surface area contributed by atoms with Crippen LogP contribution in [0.25, 0.3) is 10.9 Å². The van der Waals surface area contributed by atoms with E-state index >= 15 is 0 Å². The SMILES string of the molecule is Cc1c(N2CCCCC2)nc2ccc(Br)cc2c1C(=O)NC[C@H](CCC(=O)O)c1c(F)cccc1C(F)(F)F. The molecular weight excluding hydrogens is 582 g/mol. The summed E-state index contributed by atoms with van der Waals surface area (Å²) in [6.07, 6.45) is -2.53. The fraction of sp³-hybridized carbons (Fsp3) is 0.393. The fourth-order valence-electron chi connectivity index (χ4n) is 5.17. The first kappa shape index (κ1) is 28.8. The molecule has 6 nitrogen and oxygen atoms in total. The predicted octanol–water partition coefficient (Wildman–Crippen LogP) is 6.83. The van der Waals surface area contributed by atoms with Crippen LogP contribution in [0.15, 0.2) is 40.9 Å². The second kappa shape index (κ2) is 11.9. The predicted molar refractivity (Wildman–Crippen MR) is 144 cm³/mol. The average Bonchev–Trinajstić information content (AvgIpc) is 2.88. The molecule has 1 fully saturated rings. The van der Waals surface area contributed by atoms with Gasteiger partial charge < -0.3 is 15.3 Å². The highest BCUT2D eigenvalue weighted by Gasteiger charge is 2.37. The minimum absolute atomic E-state index is 0.291. The van der Waals surface area contributed by atoms with Gasteiger partial charge in [0, 0.05) is 53.0 Å². The quantitative estimate of drug-likeness (QED) is 0.273. The van der Waals surface area contributed by atoms with E-state index in [1.165, 1.54) is 0 Å². The van der Waals surface area contributed by atoms with Crippen LogP contribution in [0.5, 0.6) is 0 Å². The maximum atomic E-state index is 14.8. The zero-order valence-corrected chi connectivity index (χ0v) is 22.8. The molecule has 2 N–H and O–H groups in total. The van der Waals surface area contributed by atoms with Crippen molar-refractivity contribution in [3.8, 4) is 0 Å². The first-order valence-electron chi connectivity index (χ1n) is 12.7. The zero-order chi connectivity index (χ0) is 28.3. The highest BCUT2D eigenvalue weighted by Crippen LogP contribution is 2.38. The van der Waals surface area contributed by atoms with E-state index in [9.17, 15) is 32.3 Å². The molecule has 4 rings (SSSR count). The van der Waals surface area contributed by atoms with Crippen LogP contribution in [-0.2, 0) is 11.0 Å². The molecule has 0 unspecified atom stereocenters. The molecule has 1 aliphatic heterocycles. The molecule has 11 heteroatoms. The van der Waals surface area contributed by atoms with Gasteiger partial charge in [-0.15, -0.1) is 0 Å². The molecule has 0 spiro atoms. The van der Waals surface area contributed by atoms with Crippen molar-refractivity contribution in [1.29, 1.82) is 0 Å². The molecule has 1 aromatic heterocycles. The standard InChI is InChI=1S/C28H28BrF4N3O3/c1-16-24(19-14-18(29)9-10-22(19)35-26(16)36-12-3-2-4-13-36)27(39)34-15-17(8-11-23(37)38)25-20(28(31,32)33)6-5-7-21(25)30/h5-7,9-10,14,17H,2-4,8,11-13,15H2,1H3,(H,34,39)(H,37,38)/t17-/m0/s1. The van der Waals surface area contributed by atoms with E-state index in [0.29, 0.717) is 27.8 Å². The van der Waals surface area contributed by atoms with Gasteiger partial charge in [-0.3, -0.25) is 9.59 Å². The number of aromatic nitrogens is 1. The Balaban J connectivity index is 1.72. The number of nitrogens with one attached hydrogen (secondary N) is 1. The van der Waals surface area contributed by atoms with Gasteiger partial charge in [-0.1, -0.05) is 22.0 Å². The van der Waals surface area contributed by atoms with Crippen molar-refractivity contribution >= 4 is 44.5 Å².